The number of Topliss-reactive ketones (excluding diaryl/α,β-unsaturated/α-hetero) is 2. The molecule has 0 radical (unpaired) electrons. The third kappa shape index (κ3) is 5.34. The van der Waals surface area contributed by atoms with Gasteiger partial charge in [0, 0.05) is 70.3 Å². The SMILES string of the molecule is Cc1cc(Nc2ncc3cc(C(=O)C(C)C)c(=O)n(C4C(=O)c5ccccc5SC4(C)C)c3n2)ccc1N1CCNCC1. The Bertz CT molecular complexity index is 1810. The molecule has 2 aromatic heterocycles. The zero-order chi connectivity index (χ0) is 30.5. The number of aromatic nitrogens is 3. The van der Waals surface area contributed by atoms with Gasteiger partial charge >= 0.3 is 0 Å². The monoisotopic (exact) mass is 596 g/mol. The van der Waals surface area contributed by atoms with E-state index >= 15 is 0 Å². The van der Waals surface area contributed by atoms with Crippen molar-refractivity contribution in [2.75, 3.05) is 36.4 Å². The van der Waals surface area contributed by atoms with Crippen LogP contribution in [0, 0.1) is 12.8 Å². The quantitative estimate of drug-likeness (QED) is 0.283. The van der Waals surface area contributed by atoms with Crippen LogP contribution in [0.5, 0.6) is 0 Å². The number of carbonyl (C=O) groups is 2. The maximum atomic E-state index is 14.2. The van der Waals surface area contributed by atoms with Gasteiger partial charge in [0.25, 0.3) is 5.56 Å². The summed E-state index contributed by atoms with van der Waals surface area (Å²) in [5.74, 6) is -0.550. The predicted molar refractivity (Wildman–Crippen MR) is 172 cm³/mol. The first kappa shape index (κ1) is 29.1. The molecular weight excluding hydrogens is 560 g/mol. The van der Waals surface area contributed by atoms with E-state index < -0.39 is 22.3 Å². The van der Waals surface area contributed by atoms with Crippen LogP contribution in [-0.4, -0.2) is 57.0 Å². The number of nitrogens with one attached hydrogen (secondary N) is 2. The molecule has 2 N–H and O–H groups in total. The Kier molecular flexibility index (Phi) is 7.60. The van der Waals surface area contributed by atoms with Crippen LogP contribution < -0.4 is 21.1 Å². The normalized spacial score (nSPS) is 18.1. The van der Waals surface area contributed by atoms with Crippen molar-refractivity contribution in [3.63, 3.8) is 0 Å². The number of thioether (sulfide) groups is 1. The average Bonchev–Trinajstić information content (AvgIpc) is 2.98. The highest BCUT2D eigenvalue weighted by atomic mass is 32.2. The lowest BCUT2D eigenvalue weighted by Gasteiger charge is -2.39. The van der Waals surface area contributed by atoms with Crippen LogP contribution in [0.2, 0.25) is 0 Å². The minimum Gasteiger partial charge on any atom is -0.369 e. The Morgan fingerprint density at radius 1 is 1.09 bits per heavy atom. The molecule has 2 aromatic carbocycles. The number of fused-ring (bicyclic) bond motifs is 2. The highest BCUT2D eigenvalue weighted by Crippen LogP contribution is 2.48. The fourth-order valence-corrected chi connectivity index (χ4v) is 7.34. The molecular formula is C33H36N6O3S. The van der Waals surface area contributed by atoms with E-state index in [0.29, 0.717) is 22.5 Å². The molecule has 0 bridgehead atoms. The van der Waals surface area contributed by atoms with Crippen LogP contribution in [0.15, 0.2) is 64.4 Å². The van der Waals surface area contributed by atoms with Crippen molar-refractivity contribution in [1.82, 2.24) is 19.9 Å². The molecule has 0 aliphatic carbocycles. The van der Waals surface area contributed by atoms with Crippen molar-refractivity contribution >= 4 is 51.7 Å². The Labute approximate surface area is 255 Å². The summed E-state index contributed by atoms with van der Waals surface area (Å²) in [6.45, 7) is 13.3. The molecule has 1 unspecified atom stereocenters. The first-order valence-corrected chi connectivity index (χ1v) is 15.5. The van der Waals surface area contributed by atoms with Gasteiger partial charge in [0.1, 0.15) is 11.7 Å². The molecule has 4 heterocycles. The van der Waals surface area contributed by atoms with E-state index in [2.05, 4.69) is 39.6 Å². The van der Waals surface area contributed by atoms with E-state index in [0.717, 1.165) is 42.3 Å². The maximum Gasteiger partial charge on any atom is 0.263 e. The van der Waals surface area contributed by atoms with Gasteiger partial charge in [-0.25, -0.2) is 4.98 Å². The summed E-state index contributed by atoms with van der Waals surface area (Å²) in [6.07, 6.45) is 1.61. The number of hydrogen-bond donors (Lipinski definition) is 2. The Balaban J connectivity index is 1.47. The van der Waals surface area contributed by atoms with Crippen molar-refractivity contribution in [2.24, 2.45) is 5.92 Å². The number of rotatable bonds is 6. The van der Waals surface area contributed by atoms with Gasteiger partial charge in [-0.2, -0.15) is 4.98 Å². The number of ketones is 2. The number of hydrogen-bond acceptors (Lipinski definition) is 9. The highest BCUT2D eigenvalue weighted by molar-refractivity contribution is 8.00. The lowest BCUT2D eigenvalue weighted by atomic mass is 9.92. The van der Waals surface area contributed by atoms with E-state index in [-0.39, 0.29) is 17.1 Å². The second kappa shape index (κ2) is 11.2. The molecule has 10 heteroatoms. The number of benzene rings is 2. The van der Waals surface area contributed by atoms with Gasteiger partial charge in [-0.15, -0.1) is 11.8 Å². The maximum absolute atomic E-state index is 14.2. The molecule has 222 valence electrons. The summed E-state index contributed by atoms with van der Waals surface area (Å²) in [6, 6.07) is 14.3. The predicted octanol–water partition coefficient (Wildman–Crippen LogP) is 5.40. The van der Waals surface area contributed by atoms with Crippen LogP contribution in [-0.2, 0) is 0 Å². The molecule has 1 fully saturated rings. The highest BCUT2D eigenvalue weighted by Gasteiger charge is 2.45. The lowest BCUT2D eigenvalue weighted by molar-refractivity contribution is 0.0890. The topological polar surface area (TPSA) is 109 Å². The van der Waals surface area contributed by atoms with E-state index in [9.17, 15) is 14.4 Å². The second-order valence-electron chi connectivity index (χ2n) is 12.1. The molecule has 6 rings (SSSR count). The molecule has 43 heavy (non-hydrogen) atoms. The molecule has 1 atom stereocenters. The summed E-state index contributed by atoms with van der Waals surface area (Å²) in [7, 11) is 0. The first-order valence-electron chi connectivity index (χ1n) is 14.7. The summed E-state index contributed by atoms with van der Waals surface area (Å²) in [5.41, 5.74) is 3.53. The molecule has 9 nitrogen and oxygen atoms in total. The van der Waals surface area contributed by atoms with Crippen molar-refractivity contribution in [3.8, 4) is 0 Å². The average molecular weight is 597 g/mol. The van der Waals surface area contributed by atoms with Crippen LogP contribution in [0.1, 0.15) is 60.0 Å². The summed E-state index contributed by atoms with van der Waals surface area (Å²) in [5, 5.41) is 7.20. The van der Waals surface area contributed by atoms with Crippen LogP contribution >= 0.6 is 11.8 Å². The van der Waals surface area contributed by atoms with Crippen molar-refractivity contribution < 1.29 is 9.59 Å². The van der Waals surface area contributed by atoms with Gasteiger partial charge < -0.3 is 15.5 Å². The van der Waals surface area contributed by atoms with E-state index in [4.69, 9.17) is 4.98 Å². The van der Waals surface area contributed by atoms with Crippen LogP contribution in [0.25, 0.3) is 11.0 Å². The smallest absolute Gasteiger partial charge is 0.263 e. The number of aryl methyl sites for hydroxylation is 1. The number of carbonyl (C=O) groups excluding carboxylic acids is 2. The second-order valence-corrected chi connectivity index (χ2v) is 13.8. The van der Waals surface area contributed by atoms with E-state index in [1.54, 1.807) is 43.9 Å². The molecule has 1 saturated heterocycles. The van der Waals surface area contributed by atoms with Gasteiger partial charge in [0.2, 0.25) is 5.95 Å². The third-order valence-electron chi connectivity index (χ3n) is 8.16. The fourth-order valence-electron chi connectivity index (χ4n) is 6.02. The van der Waals surface area contributed by atoms with E-state index in [1.807, 2.05) is 38.1 Å². The zero-order valence-corrected chi connectivity index (χ0v) is 25.9. The molecule has 0 amide bonds. The van der Waals surface area contributed by atoms with Crippen molar-refractivity contribution in [2.45, 2.75) is 50.3 Å². The Hall–Kier alpha value is -4.02. The minimum atomic E-state index is -0.884. The van der Waals surface area contributed by atoms with Gasteiger partial charge in [-0.3, -0.25) is 19.0 Å². The van der Waals surface area contributed by atoms with Gasteiger partial charge in [-0.05, 0) is 56.7 Å². The van der Waals surface area contributed by atoms with Crippen molar-refractivity contribution in [1.29, 1.82) is 0 Å². The van der Waals surface area contributed by atoms with Crippen LogP contribution in [0.3, 0.4) is 0 Å². The summed E-state index contributed by atoms with van der Waals surface area (Å²) >= 11 is 1.55. The van der Waals surface area contributed by atoms with Gasteiger partial charge in [-0.1, -0.05) is 32.0 Å². The Morgan fingerprint density at radius 3 is 2.56 bits per heavy atom. The number of anilines is 3. The molecule has 0 spiro atoms. The molecule has 2 aliphatic heterocycles. The standard InChI is InChI=1S/C33H36N6O3S/c1-19(2)27(40)24-17-21-18-35-32(36-22-10-11-25(20(3)16-22)38-14-12-34-13-15-38)37-30(21)39(31(24)42)29-28(41)23-8-6-7-9-26(23)43-33(29,4)5/h6-11,16-19,29,34H,12-15H2,1-5H3,(H,35,36,37). The molecule has 2 aliphatic rings. The van der Waals surface area contributed by atoms with Crippen LogP contribution in [0.4, 0.5) is 17.3 Å². The molecule has 0 saturated carbocycles. The number of nitrogens with zero attached hydrogens (tertiary/aromatic N) is 4. The van der Waals surface area contributed by atoms with Crippen molar-refractivity contribution in [3.05, 3.63) is 81.8 Å². The third-order valence-corrected chi connectivity index (χ3v) is 9.49. The summed E-state index contributed by atoms with van der Waals surface area (Å²) in [4.78, 5) is 54.0. The van der Waals surface area contributed by atoms with Gasteiger partial charge in [0.05, 0.1) is 5.56 Å². The lowest BCUT2D eigenvalue weighted by Crippen LogP contribution is -2.45. The fraction of sp³-hybridized carbons (Fsp3) is 0.364. The molecule has 4 aromatic rings. The number of piperazine rings is 1. The van der Waals surface area contributed by atoms with E-state index in [1.165, 1.54) is 10.3 Å². The summed E-state index contributed by atoms with van der Waals surface area (Å²) < 4.78 is 0.735. The number of pyridine rings is 1. The first-order chi connectivity index (χ1) is 20.5. The minimum absolute atomic E-state index is 0.0402. The zero-order valence-electron chi connectivity index (χ0n) is 25.1. The van der Waals surface area contributed by atoms with Gasteiger partial charge in [0.15, 0.2) is 11.6 Å². The Morgan fingerprint density at radius 2 is 1.84 bits per heavy atom. The largest absolute Gasteiger partial charge is 0.369 e.